The molecule has 0 aliphatic heterocycles. The quantitative estimate of drug-likeness (QED) is 0.0261. The Balaban J connectivity index is 4.33. The van der Waals surface area contributed by atoms with E-state index < -0.39 is 6.10 Å². The summed E-state index contributed by atoms with van der Waals surface area (Å²) in [5, 5.41) is 0. The van der Waals surface area contributed by atoms with Crippen molar-refractivity contribution in [3.8, 4) is 0 Å². The first-order chi connectivity index (χ1) is 40.5. The minimum Gasteiger partial charge on any atom is -0.462 e. The molecule has 0 aromatic rings. The summed E-state index contributed by atoms with van der Waals surface area (Å²) in [7, 11) is 0. The zero-order valence-corrected chi connectivity index (χ0v) is 52.2. The van der Waals surface area contributed by atoms with E-state index in [1.165, 1.54) is 32.1 Å². The number of hydrogen-bond donors (Lipinski definition) is 0. The molecule has 0 rings (SSSR count). The van der Waals surface area contributed by atoms with Crippen molar-refractivity contribution >= 4 is 17.9 Å². The lowest BCUT2D eigenvalue weighted by molar-refractivity contribution is -0.167. The highest BCUT2D eigenvalue weighted by Crippen LogP contribution is 2.13. The fourth-order valence-corrected chi connectivity index (χ4v) is 8.06. The molecule has 1 unspecified atom stereocenters. The Hall–Kier alpha value is -5.75. The molecule has 1 atom stereocenters. The second-order valence-corrected chi connectivity index (χ2v) is 20.6. The van der Waals surface area contributed by atoms with Gasteiger partial charge in [-0.25, -0.2) is 0 Å². The van der Waals surface area contributed by atoms with Gasteiger partial charge in [0.25, 0.3) is 0 Å². The molecule has 6 nitrogen and oxygen atoms in total. The molecular formula is C76H116O6. The van der Waals surface area contributed by atoms with Crippen LogP contribution in [0.4, 0.5) is 0 Å². The summed E-state index contributed by atoms with van der Waals surface area (Å²) in [5.74, 6) is -0.997. The van der Waals surface area contributed by atoms with Gasteiger partial charge in [-0.2, -0.15) is 0 Å². The van der Waals surface area contributed by atoms with Crippen LogP contribution in [0.25, 0.3) is 0 Å². The van der Waals surface area contributed by atoms with Gasteiger partial charge in [-0.1, -0.05) is 273 Å². The van der Waals surface area contributed by atoms with Gasteiger partial charge in [0, 0.05) is 19.3 Å². The van der Waals surface area contributed by atoms with Gasteiger partial charge < -0.3 is 14.2 Å². The third-order valence-corrected chi connectivity index (χ3v) is 12.8. The number of carbonyl (C=O) groups excluding carboxylic acids is 3. The molecule has 0 amide bonds. The molecule has 0 aliphatic rings. The summed E-state index contributed by atoms with van der Waals surface area (Å²) >= 11 is 0. The Bertz CT molecular complexity index is 1970. The van der Waals surface area contributed by atoms with E-state index in [-0.39, 0.29) is 37.5 Å². The van der Waals surface area contributed by atoms with Gasteiger partial charge in [0.2, 0.25) is 0 Å². The average Bonchev–Trinajstić information content (AvgIpc) is 3.47. The molecule has 0 spiro atoms. The maximum Gasteiger partial charge on any atom is 0.306 e. The molecule has 82 heavy (non-hydrogen) atoms. The number of rotatable bonds is 56. The largest absolute Gasteiger partial charge is 0.462 e. The van der Waals surface area contributed by atoms with Gasteiger partial charge in [-0.3, -0.25) is 14.4 Å². The van der Waals surface area contributed by atoms with Crippen molar-refractivity contribution in [3.63, 3.8) is 0 Å². The zero-order valence-electron chi connectivity index (χ0n) is 52.2. The molecule has 0 bridgehead atoms. The topological polar surface area (TPSA) is 78.9 Å². The molecule has 0 saturated carbocycles. The summed E-state index contributed by atoms with van der Waals surface area (Å²) < 4.78 is 16.8. The van der Waals surface area contributed by atoms with Crippen molar-refractivity contribution < 1.29 is 28.6 Å². The van der Waals surface area contributed by atoms with Crippen molar-refractivity contribution in [1.29, 1.82) is 0 Å². The zero-order chi connectivity index (χ0) is 59.2. The van der Waals surface area contributed by atoms with E-state index in [9.17, 15) is 14.4 Å². The Morgan fingerprint density at radius 2 is 0.476 bits per heavy atom. The maximum atomic E-state index is 12.9. The van der Waals surface area contributed by atoms with Crippen LogP contribution in [0.15, 0.2) is 194 Å². The number of unbranched alkanes of at least 4 members (excludes halogenated alkanes) is 13. The number of esters is 3. The van der Waals surface area contributed by atoms with Crippen LogP contribution in [0.3, 0.4) is 0 Å². The highest BCUT2D eigenvalue weighted by atomic mass is 16.6. The number of hydrogen-bond acceptors (Lipinski definition) is 6. The van der Waals surface area contributed by atoms with E-state index >= 15 is 0 Å². The lowest BCUT2D eigenvalue weighted by Gasteiger charge is -2.18. The lowest BCUT2D eigenvalue weighted by atomic mass is 10.1. The lowest BCUT2D eigenvalue weighted by Crippen LogP contribution is -2.30. The van der Waals surface area contributed by atoms with Crippen LogP contribution in [0.5, 0.6) is 0 Å². The highest BCUT2D eigenvalue weighted by molar-refractivity contribution is 5.71. The summed E-state index contributed by atoms with van der Waals surface area (Å²) in [6.07, 6.45) is 103. The predicted octanol–water partition coefficient (Wildman–Crippen LogP) is 22.6. The summed E-state index contributed by atoms with van der Waals surface area (Å²) in [4.78, 5) is 38.1. The number of carbonyl (C=O) groups is 3. The molecule has 0 radical (unpaired) electrons. The summed E-state index contributed by atoms with van der Waals surface area (Å²) in [6.45, 7) is 6.30. The van der Waals surface area contributed by atoms with Crippen molar-refractivity contribution in [3.05, 3.63) is 194 Å². The molecular weight excluding hydrogens is 1010 g/mol. The van der Waals surface area contributed by atoms with E-state index in [1.54, 1.807) is 0 Å². The Labute approximate surface area is 503 Å². The first-order valence-electron chi connectivity index (χ1n) is 32.4. The fraction of sp³-hybridized carbons (Fsp3) is 0.539. The highest BCUT2D eigenvalue weighted by Gasteiger charge is 2.19. The molecule has 0 fully saturated rings. The van der Waals surface area contributed by atoms with E-state index in [0.717, 1.165) is 167 Å². The van der Waals surface area contributed by atoms with Crippen LogP contribution in [-0.2, 0) is 28.6 Å². The van der Waals surface area contributed by atoms with Crippen LogP contribution in [0.1, 0.15) is 245 Å². The van der Waals surface area contributed by atoms with Crippen molar-refractivity contribution in [2.45, 2.75) is 252 Å². The second-order valence-electron chi connectivity index (χ2n) is 20.6. The fourth-order valence-electron chi connectivity index (χ4n) is 8.06. The van der Waals surface area contributed by atoms with Gasteiger partial charge in [0.05, 0.1) is 0 Å². The first kappa shape index (κ1) is 76.2. The molecule has 0 saturated heterocycles. The molecule has 0 N–H and O–H groups in total. The van der Waals surface area contributed by atoms with Gasteiger partial charge in [-0.15, -0.1) is 0 Å². The standard InChI is InChI=1S/C76H116O6/c1-4-7-10-13-16-19-21-23-25-27-29-31-32-33-34-35-36-37-38-39-40-41-42-43-44-46-47-49-51-53-55-57-60-63-66-69-75(78)81-72-73(71-80-74(77)68-65-62-59-18-15-12-9-6-3)82-76(79)70-67-64-61-58-56-54-52-50-48-45-30-28-26-24-22-20-17-14-11-8-5-2/h7-8,10-11,16-17,19-20,23-26,29-31,33-34,36-37,39-40,42-43,45-47,50-53,56,58,73H,4-6,9,12-15,18,21-22,27-28,32,35,38,41,44,48-49,54-55,57,59-72H2,1-3H3/b10-7-,11-8-,19-16-,20-17-,25-23-,26-24-,31-29-,34-33-,37-36-,40-39-,43-42-,45-30-,47-46-,52-50-,53-51-,58-56-. The van der Waals surface area contributed by atoms with Gasteiger partial charge >= 0.3 is 17.9 Å². The van der Waals surface area contributed by atoms with Crippen LogP contribution in [0, 0.1) is 0 Å². The first-order valence-corrected chi connectivity index (χ1v) is 32.4. The molecule has 0 aliphatic carbocycles. The van der Waals surface area contributed by atoms with Crippen LogP contribution in [0.2, 0.25) is 0 Å². The van der Waals surface area contributed by atoms with Gasteiger partial charge in [-0.05, 0) is 148 Å². The third-order valence-electron chi connectivity index (χ3n) is 12.8. The average molecular weight is 1130 g/mol. The van der Waals surface area contributed by atoms with E-state index in [1.807, 2.05) is 0 Å². The summed E-state index contributed by atoms with van der Waals surface area (Å²) in [6, 6.07) is 0. The van der Waals surface area contributed by atoms with Crippen molar-refractivity contribution in [2.24, 2.45) is 0 Å². The van der Waals surface area contributed by atoms with E-state index in [0.29, 0.717) is 19.3 Å². The predicted molar refractivity (Wildman–Crippen MR) is 357 cm³/mol. The molecule has 456 valence electrons. The minimum atomic E-state index is -0.821. The van der Waals surface area contributed by atoms with Gasteiger partial charge in [0.15, 0.2) is 6.10 Å². The maximum absolute atomic E-state index is 12.9. The Morgan fingerprint density at radius 3 is 0.768 bits per heavy atom. The smallest absolute Gasteiger partial charge is 0.306 e. The normalized spacial score (nSPS) is 13.5. The molecule has 6 heteroatoms. The third kappa shape index (κ3) is 65.1. The SMILES string of the molecule is CC/C=C\C/C=C\C/C=C\C/C=C\C/C=C\C/C=C\C/C=C\C/C=C\C/C=C\C/C=C\CCCCCCC(=O)OCC(COC(=O)CCCCCCCCCC)OC(=O)CCCC/C=C\C/C=C\C/C=C\C/C=C\C/C=C\C/C=C\CC. The van der Waals surface area contributed by atoms with Gasteiger partial charge in [0.1, 0.15) is 13.2 Å². The second kappa shape index (κ2) is 67.8. The summed E-state index contributed by atoms with van der Waals surface area (Å²) in [5.41, 5.74) is 0. The number of allylic oxidation sites excluding steroid dienone is 32. The molecule has 0 aromatic carbocycles. The van der Waals surface area contributed by atoms with E-state index in [2.05, 4.69) is 215 Å². The van der Waals surface area contributed by atoms with E-state index in [4.69, 9.17) is 14.2 Å². The van der Waals surface area contributed by atoms with Crippen molar-refractivity contribution in [1.82, 2.24) is 0 Å². The van der Waals surface area contributed by atoms with Crippen molar-refractivity contribution in [2.75, 3.05) is 13.2 Å². The Morgan fingerprint density at radius 1 is 0.256 bits per heavy atom. The number of ether oxygens (including phenoxy) is 3. The molecule has 0 aromatic heterocycles. The van der Waals surface area contributed by atoms with Crippen LogP contribution < -0.4 is 0 Å². The Kier molecular flexibility index (Phi) is 63.0. The minimum absolute atomic E-state index is 0.112. The molecule has 0 heterocycles. The van der Waals surface area contributed by atoms with Crippen LogP contribution in [-0.4, -0.2) is 37.2 Å². The monoisotopic (exact) mass is 1120 g/mol. The van der Waals surface area contributed by atoms with Crippen LogP contribution >= 0.6 is 0 Å².